The molecule has 0 bridgehead atoms. The first-order valence-corrected chi connectivity index (χ1v) is 3.17. The molecule has 0 radical (unpaired) electrons. The molecule has 1 aliphatic rings. The summed E-state index contributed by atoms with van der Waals surface area (Å²) in [5.41, 5.74) is 0. The molecule has 0 unspecified atom stereocenters. The van der Waals surface area contributed by atoms with E-state index in [1.54, 1.807) is 7.05 Å². The Morgan fingerprint density at radius 3 is 2.56 bits per heavy atom. The molecule has 0 spiro atoms. The topological polar surface area (TPSA) is 32.3 Å². The van der Waals surface area contributed by atoms with Gasteiger partial charge in [-0.1, -0.05) is 0 Å². The third kappa shape index (κ3) is 1.05. The third-order valence-corrected chi connectivity index (χ3v) is 1.84. The number of carbonyl (C=O) groups is 1. The zero-order valence-electron chi connectivity index (χ0n) is 5.85. The number of likely N-dealkylation sites (tertiary alicyclic amines) is 1. The average Bonchev–Trinajstić information content (AvgIpc) is 1.84. The van der Waals surface area contributed by atoms with Gasteiger partial charge in [-0.25, -0.2) is 0 Å². The quantitative estimate of drug-likeness (QED) is 0.513. The molecule has 1 saturated heterocycles. The Kier molecular flexibility index (Phi) is 1.71. The van der Waals surface area contributed by atoms with Crippen LogP contribution in [0.5, 0.6) is 0 Å². The monoisotopic (exact) mass is 128 g/mol. The highest BCUT2D eigenvalue weighted by Crippen LogP contribution is 2.13. The van der Waals surface area contributed by atoms with Crippen LogP contribution in [-0.4, -0.2) is 37.5 Å². The smallest absolute Gasteiger partial charge is 0.237 e. The maximum atomic E-state index is 10.9. The number of hydrogen-bond acceptors (Lipinski definition) is 2. The molecule has 1 atom stereocenters. The lowest BCUT2D eigenvalue weighted by Crippen LogP contribution is -2.53. The first kappa shape index (κ1) is 6.55. The van der Waals surface area contributed by atoms with Crippen LogP contribution in [0.25, 0.3) is 0 Å². The zero-order chi connectivity index (χ0) is 6.85. The van der Waals surface area contributed by atoms with Gasteiger partial charge in [0.15, 0.2) is 0 Å². The summed E-state index contributed by atoms with van der Waals surface area (Å²) in [6.07, 6.45) is 1.01. The van der Waals surface area contributed by atoms with Crippen LogP contribution in [0.4, 0.5) is 0 Å². The number of carbonyl (C=O) groups excluding carboxylic acids is 1. The van der Waals surface area contributed by atoms with Crippen molar-refractivity contribution in [1.29, 1.82) is 0 Å². The summed E-state index contributed by atoms with van der Waals surface area (Å²) < 4.78 is 0. The van der Waals surface area contributed by atoms with Crippen LogP contribution in [0.15, 0.2) is 0 Å². The fourth-order valence-corrected chi connectivity index (χ4v) is 1.01. The van der Waals surface area contributed by atoms with Gasteiger partial charge in [-0.3, -0.25) is 9.69 Å². The molecule has 0 aromatic heterocycles. The van der Waals surface area contributed by atoms with Gasteiger partial charge in [-0.2, -0.15) is 0 Å². The number of amides is 1. The normalized spacial score (nSPS) is 27.1. The van der Waals surface area contributed by atoms with Crippen LogP contribution in [0, 0.1) is 0 Å². The summed E-state index contributed by atoms with van der Waals surface area (Å²) in [5.74, 6) is 0.142. The van der Waals surface area contributed by atoms with E-state index in [2.05, 4.69) is 5.32 Å². The lowest BCUT2D eigenvalue weighted by Gasteiger charge is -2.35. The molecule has 52 valence electrons. The zero-order valence-corrected chi connectivity index (χ0v) is 5.85. The molecule has 3 heteroatoms. The Morgan fingerprint density at radius 2 is 2.44 bits per heavy atom. The van der Waals surface area contributed by atoms with Gasteiger partial charge >= 0.3 is 0 Å². The second-order valence-electron chi connectivity index (χ2n) is 2.40. The van der Waals surface area contributed by atoms with Gasteiger partial charge < -0.3 is 5.32 Å². The molecule has 9 heavy (non-hydrogen) atoms. The van der Waals surface area contributed by atoms with Crippen LogP contribution >= 0.6 is 0 Å². The van der Waals surface area contributed by atoms with E-state index < -0.39 is 0 Å². The maximum Gasteiger partial charge on any atom is 0.237 e. The Balaban J connectivity index is 2.35. The Bertz CT molecular complexity index is 124. The van der Waals surface area contributed by atoms with Gasteiger partial charge in [-0.15, -0.1) is 0 Å². The lowest BCUT2D eigenvalue weighted by molar-refractivity contribution is -0.129. The van der Waals surface area contributed by atoms with Crippen molar-refractivity contribution in [3.8, 4) is 0 Å². The van der Waals surface area contributed by atoms with Gasteiger partial charge in [0.05, 0.1) is 6.04 Å². The fraction of sp³-hybridized carbons (Fsp3) is 0.833. The average molecular weight is 128 g/mol. The van der Waals surface area contributed by atoms with Crippen molar-refractivity contribution in [3.63, 3.8) is 0 Å². The van der Waals surface area contributed by atoms with Crippen LogP contribution in [0.2, 0.25) is 0 Å². The van der Waals surface area contributed by atoms with Crippen molar-refractivity contribution < 1.29 is 4.79 Å². The van der Waals surface area contributed by atoms with E-state index in [1.807, 2.05) is 11.9 Å². The number of likely N-dealkylation sites (N-methyl/N-ethyl adjacent to an activating group) is 2. The highest BCUT2D eigenvalue weighted by atomic mass is 16.2. The summed E-state index contributed by atoms with van der Waals surface area (Å²) in [4.78, 5) is 12.9. The van der Waals surface area contributed by atoms with Crippen LogP contribution in [0.3, 0.4) is 0 Å². The second-order valence-corrected chi connectivity index (χ2v) is 2.40. The molecule has 3 nitrogen and oxygen atoms in total. The molecule has 1 N–H and O–H groups in total. The van der Waals surface area contributed by atoms with Crippen LogP contribution in [-0.2, 0) is 4.79 Å². The molecule has 1 heterocycles. The third-order valence-electron chi connectivity index (χ3n) is 1.84. The maximum absolute atomic E-state index is 10.9. The van der Waals surface area contributed by atoms with E-state index in [0.29, 0.717) is 0 Å². The first-order valence-electron chi connectivity index (χ1n) is 3.17. The van der Waals surface area contributed by atoms with E-state index in [1.165, 1.54) is 0 Å². The minimum Gasteiger partial charge on any atom is -0.358 e. The summed E-state index contributed by atoms with van der Waals surface area (Å²) in [7, 11) is 3.64. The van der Waals surface area contributed by atoms with Crippen molar-refractivity contribution in [3.05, 3.63) is 0 Å². The first-order chi connectivity index (χ1) is 4.25. The summed E-state index contributed by atoms with van der Waals surface area (Å²) in [5, 5.41) is 2.62. The second kappa shape index (κ2) is 2.35. The minimum absolute atomic E-state index is 0.142. The van der Waals surface area contributed by atoms with Crippen molar-refractivity contribution in [1.82, 2.24) is 10.2 Å². The summed E-state index contributed by atoms with van der Waals surface area (Å²) in [6, 6.07) is 0.148. The van der Waals surface area contributed by atoms with Crippen molar-refractivity contribution in [2.75, 3.05) is 20.6 Å². The predicted molar refractivity (Wildman–Crippen MR) is 35.1 cm³/mol. The predicted octanol–water partition coefficient (Wildman–Crippen LogP) is -0.563. The molecule has 1 rings (SSSR count). The SMILES string of the molecule is CNC(=O)[C@@H]1CCN1C. The summed E-state index contributed by atoms with van der Waals surface area (Å²) in [6.45, 7) is 1.05. The van der Waals surface area contributed by atoms with Crippen molar-refractivity contribution >= 4 is 5.91 Å². The molecule has 1 fully saturated rings. The van der Waals surface area contributed by atoms with Gasteiger partial charge in [0.25, 0.3) is 0 Å². The van der Waals surface area contributed by atoms with E-state index in [-0.39, 0.29) is 11.9 Å². The van der Waals surface area contributed by atoms with E-state index in [9.17, 15) is 4.79 Å². The fourth-order valence-electron chi connectivity index (χ4n) is 1.01. The van der Waals surface area contributed by atoms with Crippen molar-refractivity contribution in [2.45, 2.75) is 12.5 Å². The van der Waals surface area contributed by atoms with Gasteiger partial charge in [-0.05, 0) is 13.5 Å². The largest absolute Gasteiger partial charge is 0.358 e. The molecule has 0 aromatic carbocycles. The Hall–Kier alpha value is -0.570. The summed E-state index contributed by atoms with van der Waals surface area (Å²) >= 11 is 0. The highest BCUT2D eigenvalue weighted by molar-refractivity contribution is 5.82. The number of nitrogens with zero attached hydrogens (tertiary/aromatic N) is 1. The van der Waals surface area contributed by atoms with Gasteiger partial charge in [0.2, 0.25) is 5.91 Å². The van der Waals surface area contributed by atoms with E-state index in [0.717, 1.165) is 13.0 Å². The Labute approximate surface area is 55.0 Å². The van der Waals surface area contributed by atoms with Gasteiger partial charge in [0.1, 0.15) is 0 Å². The van der Waals surface area contributed by atoms with Crippen LogP contribution in [0.1, 0.15) is 6.42 Å². The number of nitrogens with one attached hydrogen (secondary N) is 1. The molecular formula is C6H12N2O. The molecule has 0 saturated carbocycles. The Morgan fingerprint density at radius 1 is 1.78 bits per heavy atom. The number of rotatable bonds is 1. The van der Waals surface area contributed by atoms with E-state index in [4.69, 9.17) is 0 Å². The molecule has 1 amide bonds. The van der Waals surface area contributed by atoms with Gasteiger partial charge in [0, 0.05) is 13.6 Å². The van der Waals surface area contributed by atoms with Crippen molar-refractivity contribution in [2.24, 2.45) is 0 Å². The van der Waals surface area contributed by atoms with Crippen LogP contribution < -0.4 is 5.32 Å². The van der Waals surface area contributed by atoms with E-state index >= 15 is 0 Å². The highest BCUT2D eigenvalue weighted by Gasteiger charge is 2.29. The molecule has 0 aliphatic carbocycles. The standard InChI is InChI=1S/C6H12N2O/c1-7-6(9)5-3-4-8(5)2/h5H,3-4H2,1-2H3,(H,7,9)/t5-/m0/s1. The molecule has 0 aromatic rings. The molecule has 1 aliphatic heterocycles. The number of hydrogen-bond donors (Lipinski definition) is 1. The molecular weight excluding hydrogens is 116 g/mol. The minimum atomic E-state index is 0.142. The lowest BCUT2D eigenvalue weighted by atomic mass is 10.0.